The van der Waals surface area contributed by atoms with Gasteiger partial charge in [0.1, 0.15) is 0 Å². The van der Waals surface area contributed by atoms with Gasteiger partial charge in [-0.1, -0.05) is 12.1 Å². The van der Waals surface area contributed by atoms with Crippen molar-refractivity contribution in [2.24, 2.45) is 5.73 Å². The maximum absolute atomic E-state index is 5.52. The van der Waals surface area contributed by atoms with Crippen LogP contribution in [-0.2, 0) is 0 Å². The molecule has 15 heavy (non-hydrogen) atoms. The molecule has 2 aromatic heterocycles. The number of hydrogen-bond donors (Lipinski definition) is 1. The summed E-state index contributed by atoms with van der Waals surface area (Å²) in [5, 5.41) is 3.86. The van der Waals surface area contributed by atoms with E-state index in [4.69, 9.17) is 14.7 Å². The highest BCUT2D eigenvalue weighted by atomic mass is 16.5. The smallest absolute Gasteiger partial charge is 0.293 e. The first-order chi connectivity index (χ1) is 7.22. The summed E-state index contributed by atoms with van der Waals surface area (Å²) in [5.74, 6) is 1.74. The van der Waals surface area contributed by atoms with Crippen molar-refractivity contribution in [2.45, 2.75) is 19.8 Å². The second-order valence-corrected chi connectivity index (χ2v) is 3.53. The van der Waals surface area contributed by atoms with Crippen molar-refractivity contribution < 1.29 is 8.94 Å². The Balaban J connectivity index is 2.32. The zero-order valence-electron chi connectivity index (χ0n) is 8.73. The van der Waals surface area contributed by atoms with Crippen molar-refractivity contribution in [1.82, 2.24) is 10.1 Å². The summed E-state index contributed by atoms with van der Waals surface area (Å²) >= 11 is 0. The molecule has 5 heteroatoms. The Bertz CT molecular complexity index is 447. The van der Waals surface area contributed by atoms with Gasteiger partial charge in [-0.05, 0) is 13.0 Å². The Labute approximate surface area is 87.3 Å². The fourth-order valence-corrected chi connectivity index (χ4v) is 1.22. The molecule has 0 saturated heterocycles. The normalized spacial score (nSPS) is 13.0. The minimum Gasteiger partial charge on any atom is -0.459 e. The van der Waals surface area contributed by atoms with E-state index >= 15 is 0 Å². The first-order valence-corrected chi connectivity index (χ1v) is 4.80. The number of furan rings is 1. The van der Waals surface area contributed by atoms with Crippen LogP contribution >= 0.6 is 0 Å². The van der Waals surface area contributed by atoms with Gasteiger partial charge in [-0.15, -0.1) is 0 Å². The molecular weight excluding hydrogens is 194 g/mol. The molecular formula is C10H13N3O2. The average Bonchev–Trinajstić information content (AvgIpc) is 2.84. The highest BCUT2D eigenvalue weighted by Gasteiger charge is 2.16. The molecule has 0 saturated carbocycles. The van der Waals surface area contributed by atoms with E-state index in [0.29, 0.717) is 24.0 Å². The highest BCUT2D eigenvalue weighted by molar-refractivity contribution is 5.49. The van der Waals surface area contributed by atoms with E-state index in [1.54, 1.807) is 6.26 Å². The Kier molecular flexibility index (Phi) is 2.55. The van der Waals surface area contributed by atoms with Gasteiger partial charge in [-0.3, -0.25) is 0 Å². The van der Waals surface area contributed by atoms with Crippen LogP contribution in [-0.4, -0.2) is 16.7 Å². The van der Waals surface area contributed by atoms with Crippen LogP contribution in [0.1, 0.15) is 24.2 Å². The lowest BCUT2D eigenvalue weighted by Crippen LogP contribution is -2.10. The number of aryl methyl sites for hydroxylation is 1. The summed E-state index contributed by atoms with van der Waals surface area (Å²) in [7, 11) is 0. The molecule has 0 bridgehead atoms. The van der Waals surface area contributed by atoms with E-state index < -0.39 is 0 Å². The molecule has 0 aliphatic rings. The third kappa shape index (κ3) is 1.78. The zero-order chi connectivity index (χ0) is 10.8. The van der Waals surface area contributed by atoms with E-state index in [1.165, 1.54) is 0 Å². The van der Waals surface area contributed by atoms with Crippen LogP contribution < -0.4 is 5.73 Å². The second-order valence-electron chi connectivity index (χ2n) is 3.53. The van der Waals surface area contributed by atoms with Crippen molar-refractivity contribution in [3.8, 4) is 11.7 Å². The molecule has 0 aromatic carbocycles. The van der Waals surface area contributed by atoms with E-state index in [0.717, 1.165) is 5.56 Å². The zero-order valence-corrected chi connectivity index (χ0v) is 8.73. The molecule has 0 aliphatic carbocycles. The molecule has 0 fully saturated rings. The topological polar surface area (TPSA) is 78.1 Å². The molecule has 80 valence electrons. The van der Waals surface area contributed by atoms with E-state index in [2.05, 4.69) is 10.1 Å². The first kappa shape index (κ1) is 9.92. The van der Waals surface area contributed by atoms with E-state index in [1.807, 2.05) is 19.9 Å². The SMILES string of the molecule is Cc1ccoc1-c1nc(C(C)CN)no1. The summed E-state index contributed by atoms with van der Waals surface area (Å²) in [6.07, 6.45) is 1.60. The lowest BCUT2D eigenvalue weighted by Gasteiger charge is -1.98. The van der Waals surface area contributed by atoms with Crippen LogP contribution in [0.15, 0.2) is 21.3 Å². The predicted octanol–water partition coefficient (Wildman–Crippen LogP) is 1.70. The molecule has 0 radical (unpaired) electrons. The standard InChI is InChI=1S/C10H13N3O2/c1-6-3-4-14-8(6)10-12-9(13-15-10)7(2)5-11/h3-4,7H,5,11H2,1-2H3. The van der Waals surface area contributed by atoms with Gasteiger partial charge in [0.2, 0.25) is 0 Å². The van der Waals surface area contributed by atoms with Crippen LogP contribution in [0.25, 0.3) is 11.7 Å². The van der Waals surface area contributed by atoms with Gasteiger partial charge in [0, 0.05) is 18.0 Å². The fraction of sp³-hybridized carbons (Fsp3) is 0.400. The van der Waals surface area contributed by atoms with Gasteiger partial charge in [0.25, 0.3) is 5.89 Å². The predicted molar refractivity (Wildman–Crippen MR) is 54.2 cm³/mol. The minimum atomic E-state index is 0.0952. The van der Waals surface area contributed by atoms with Gasteiger partial charge in [-0.25, -0.2) is 0 Å². The number of nitrogens with two attached hydrogens (primary N) is 1. The van der Waals surface area contributed by atoms with E-state index in [-0.39, 0.29) is 5.92 Å². The lowest BCUT2D eigenvalue weighted by atomic mass is 10.2. The molecule has 2 rings (SSSR count). The van der Waals surface area contributed by atoms with Crippen molar-refractivity contribution in [3.05, 3.63) is 23.7 Å². The maximum atomic E-state index is 5.52. The molecule has 0 spiro atoms. The van der Waals surface area contributed by atoms with E-state index in [9.17, 15) is 0 Å². The minimum absolute atomic E-state index is 0.0952. The Morgan fingerprint density at radius 3 is 2.93 bits per heavy atom. The molecule has 5 nitrogen and oxygen atoms in total. The molecule has 1 unspecified atom stereocenters. The Morgan fingerprint density at radius 1 is 1.53 bits per heavy atom. The Hall–Kier alpha value is -1.62. The molecule has 2 N–H and O–H groups in total. The first-order valence-electron chi connectivity index (χ1n) is 4.80. The van der Waals surface area contributed by atoms with Gasteiger partial charge in [0.15, 0.2) is 11.6 Å². The number of rotatable bonds is 3. The number of aromatic nitrogens is 2. The summed E-state index contributed by atoms with van der Waals surface area (Å²) in [6.45, 7) is 4.37. The third-order valence-corrected chi connectivity index (χ3v) is 2.29. The van der Waals surface area contributed by atoms with Crippen LogP contribution in [0, 0.1) is 6.92 Å². The fourth-order valence-electron chi connectivity index (χ4n) is 1.22. The monoisotopic (exact) mass is 207 g/mol. The van der Waals surface area contributed by atoms with Crippen LogP contribution in [0.4, 0.5) is 0 Å². The van der Waals surface area contributed by atoms with Crippen molar-refractivity contribution in [1.29, 1.82) is 0 Å². The average molecular weight is 207 g/mol. The van der Waals surface area contributed by atoms with Gasteiger partial charge in [-0.2, -0.15) is 4.98 Å². The maximum Gasteiger partial charge on any atom is 0.293 e. The van der Waals surface area contributed by atoms with Gasteiger partial charge in [0.05, 0.1) is 6.26 Å². The Morgan fingerprint density at radius 2 is 2.33 bits per heavy atom. The second kappa shape index (κ2) is 3.86. The van der Waals surface area contributed by atoms with Crippen LogP contribution in [0.3, 0.4) is 0 Å². The van der Waals surface area contributed by atoms with Gasteiger partial charge >= 0.3 is 0 Å². The molecule has 1 atom stereocenters. The summed E-state index contributed by atoms with van der Waals surface area (Å²) in [4.78, 5) is 4.23. The van der Waals surface area contributed by atoms with Crippen molar-refractivity contribution in [2.75, 3.05) is 6.54 Å². The highest BCUT2D eigenvalue weighted by Crippen LogP contribution is 2.23. The summed E-state index contributed by atoms with van der Waals surface area (Å²) < 4.78 is 10.4. The molecule has 2 aromatic rings. The van der Waals surface area contributed by atoms with Crippen LogP contribution in [0.5, 0.6) is 0 Å². The lowest BCUT2D eigenvalue weighted by molar-refractivity contribution is 0.405. The van der Waals surface area contributed by atoms with Crippen molar-refractivity contribution >= 4 is 0 Å². The summed E-state index contributed by atoms with van der Waals surface area (Å²) in [6, 6.07) is 1.85. The molecule has 0 aliphatic heterocycles. The third-order valence-electron chi connectivity index (χ3n) is 2.29. The molecule has 0 amide bonds. The van der Waals surface area contributed by atoms with Crippen molar-refractivity contribution in [3.63, 3.8) is 0 Å². The quantitative estimate of drug-likeness (QED) is 0.828. The number of hydrogen-bond acceptors (Lipinski definition) is 5. The molecule has 2 heterocycles. The van der Waals surface area contributed by atoms with Gasteiger partial charge < -0.3 is 14.7 Å². The number of nitrogens with zero attached hydrogens (tertiary/aromatic N) is 2. The largest absolute Gasteiger partial charge is 0.459 e. The summed E-state index contributed by atoms with van der Waals surface area (Å²) in [5.41, 5.74) is 6.49. The van der Waals surface area contributed by atoms with Crippen LogP contribution in [0.2, 0.25) is 0 Å².